The number of nitrogens with one attached hydrogen (secondary N) is 1. The number of hydrogen-bond acceptors (Lipinski definition) is 5. The molecule has 4 unspecified atom stereocenters. The van der Waals surface area contributed by atoms with Crippen molar-refractivity contribution in [2.75, 3.05) is 20.2 Å². The molecule has 1 aromatic rings. The molecule has 2 aliphatic heterocycles. The molecule has 216 valence electrons. The van der Waals surface area contributed by atoms with Crippen molar-refractivity contribution in [3.05, 3.63) is 35.4 Å². The average Bonchev–Trinajstić information content (AvgIpc) is 3.41. The minimum absolute atomic E-state index is 0.0245. The van der Waals surface area contributed by atoms with Crippen LogP contribution in [0.4, 0.5) is 0 Å². The number of benzene rings is 1. The molecule has 3 amide bonds. The first-order chi connectivity index (χ1) is 18.0. The molecule has 4 atom stereocenters. The van der Waals surface area contributed by atoms with Gasteiger partial charge in [0.05, 0.1) is 12.6 Å². The smallest absolute Gasteiger partial charge is 0.252 e. The van der Waals surface area contributed by atoms with Gasteiger partial charge in [-0.3, -0.25) is 19.2 Å². The van der Waals surface area contributed by atoms with Crippen LogP contribution in [0.3, 0.4) is 0 Å². The van der Waals surface area contributed by atoms with E-state index < -0.39 is 18.2 Å². The summed E-state index contributed by atoms with van der Waals surface area (Å²) in [5, 5.41) is 2.94. The largest absolute Gasteiger partial charge is 0.372 e. The quantitative estimate of drug-likeness (QED) is 0.538. The Morgan fingerprint density at radius 1 is 1.00 bits per heavy atom. The number of hydrogen-bond donors (Lipinski definition) is 1. The highest BCUT2D eigenvalue weighted by molar-refractivity contribution is 6.01. The van der Waals surface area contributed by atoms with E-state index in [1.165, 1.54) is 7.11 Å². The second-order valence-electron chi connectivity index (χ2n) is 13.7. The van der Waals surface area contributed by atoms with Crippen LogP contribution in [-0.2, 0) is 24.5 Å². The average molecular weight is 542 g/mol. The maximum atomic E-state index is 13.8. The summed E-state index contributed by atoms with van der Waals surface area (Å²) in [7, 11) is 1.52. The molecule has 0 aromatic heterocycles. The van der Waals surface area contributed by atoms with E-state index in [-0.39, 0.29) is 52.8 Å². The normalized spacial score (nSPS) is 21.2. The van der Waals surface area contributed by atoms with E-state index in [0.717, 1.165) is 5.56 Å². The third-order valence-corrected chi connectivity index (χ3v) is 7.67. The van der Waals surface area contributed by atoms with Crippen LogP contribution < -0.4 is 5.32 Å². The van der Waals surface area contributed by atoms with Gasteiger partial charge in [0.25, 0.3) is 11.8 Å². The zero-order valence-electron chi connectivity index (χ0n) is 25.2. The van der Waals surface area contributed by atoms with E-state index in [1.54, 1.807) is 21.9 Å². The zero-order valence-corrected chi connectivity index (χ0v) is 25.2. The van der Waals surface area contributed by atoms with E-state index in [0.29, 0.717) is 31.4 Å². The lowest BCUT2D eigenvalue weighted by Gasteiger charge is -2.31. The van der Waals surface area contributed by atoms with Gasteiger partial charge in [0.1, 0.15) is 18.2 Å². The Morgan fingerprint density at radius 2 is 1.62 bits per heavy atom. The van der Waals surface area contributed by atoms with Crippen LogP contribution in [0, 0.1) is 11.3 Å². The summed E-state index contributed by atoms with van der Waals surface area (Å²) in [5.41, 5.74) is 1.46. The minimum Gasteiger partial charge on any atom is -0.372 e. The van der Waals surface area contributed by atoms with Gasteiger partial charge in [-0.1, -0.05) is 67.5 Å². The molecule has 1 N–H and O–H groups in total. The van der Waals surface area contributed by atoms with E-state index >= 15 is 0 Å². The predicted octanol–water partition coefficient (Wildman–Crippen LogP) is 3.96. The molecular formula is C31H47N3O5. The SMILES string of the molecule is COC(CC(C)(C)C)C(=O)N1CC(=O)C2C1CCN2C(=O)C(CC(C)C)NC(=O)c1ccc(C(C)(C)C)cc1. The van der Waals surface area contributed by atoms with Crippen LogP contribution in [0.25, 0.3) is 0 Å². The lowest BCUT2D eigenvalue weighted by atomic mass is 9.86. The molecule has 8 heteroatoms. The van der Waals surface area contributed by atoms with Gasteiger partial charge >= 0.3 is 0 Å². The first kappa shape index (κ1) is 30.8. The molecule has 1 aromatic carbocycles. The maximum Gasteiger partial charge on any atom is 0.252 e. The van der Waals surface area contributed by atoms with Gasteiger partial charge in [-0.25, -0.2) is 0 Å². The van der Waals surface area contributed by atoms with E-state index in [4.69, 9.17) is 4.74 Å². The first-order valence-corrected chi connectivity index (χ1v) is 14.1. The van der Waals surface area contributed by atoms with E-state index in [9.17, 15) is 19.2 Å². The van der Waals surface area contributed by atoms with Crippen molar-refractivity contribution >= 4 is 23.5 Å². The van der Waals surface area contributed by atoms with Crippen LogP contribution in [0.1, 0.15) is 90.6 Å². The zero-order chi connectivity index (χ0) is 29.3. The number of ether oxygens (including phenoxy) is 1. The molecule has 3 rings (SSSR count). The fourth-order valence-electron chi connectivity index (χ4n) is 5.63. The van der Waals surface area contributed by atoms with Crippen LogP contribution >= 0.6 is 0 Å². The molecule has 2 aliphatic rings. The van der Waals surface area contributed by atoms with Crippen molar-refractivity contribution in [2.45, 2.75) is 104 Å². The van der Waals surface area contributed by atoms with Crippen molar-refractivity contribution < 1.29 is 23.9 Å². The van der Waals surface area contributed by atoms with Crippen LogP contribution in [0.15, 0.2) is 24.3 Å². The third kappa shape index (κ3) is 7.27. The number of carbonyl (C=O) groups is 4. The van der Waals surface area contributed by atoms with E-state index in [1.807, 2.05) is 46.8 Å². The van der Waals surface area contributed by atoms with Gasteiger partial charge < -0.3 is 19.9 Å². The number of fused-ring (bicyclic) bond motifs is 1. The van der Waals surface area contributed by atoms with Crippen LogP contribution in [-0.4, -0.2) is 77.7 Å². The number of nitrogens with zero attached hydrogens (tertiary/aromatic N) is 2. The topological polar surface area (TPSA) is 96.0 Å². The molecule has 2 heterocycles. The summed E-state index contributed by atoms with van der Waals surface area (Å²) >= 11 is 0. The number of ketones is 1. The Kier molecular flexibility index (Phi) is 9.31. The Morgan fingerprint density at radius 3 is 2.13 bits per heavy atom. The highest BCUT2D eigenvalue weighted by Crippen LogP contribution is 2.33. The van der Waals surface area contributed by atoms with Gasteiger partial charge in [0.2, 0.25) is 5.91 Å². The van der Waals surface area contributed by atoms with Gasteiger partial charge in [0, 0.05) is 19.2 Å². The summed E-state index contributed by atoms with van der Waals surface area (Å²) < 4.78 is 5.52. The van der Waals surface area contributed by atoms with Gasteiger partial charge in [0.15, 0.2) is 5.78 Å². The molecule has 39 heavy (non-hydrogen) atoms. The van der Waals surface area contributed by atoms with Crippen LogP contribution in [0.5, 0.6) is 0 Å². The highest BCUT2D eigenvalue weighted by atomic mass is 16.5. The van der Waals surface area contributed by atoms with Gasteiger partial charge in [-0.15, -0.1) is 0 Å². The van der Waals surface area contributed by atoms with Gasteiger partial charge in [-0.05, 0) is 53.7 Å². The van der Waals surface area contributed by atoms with Crippen molar-refractivity contribution in [3.8, 4) is 0 Å². The molecule has 0 radical (unpaired) electrons. The number of methoxy groups -OCH3 is 1. The highest BCUT2D eigenvalue weighted by Gasteiger charge is 2.53. The first-order valence-electron chi connectivity index (χ1n) is 14.1. The summed E-state index contributed by atoms with van der Waals surface area (Å²) in [6.45, 7) is 16.8. The fourth-order valence-corrected chi connectivity index (χ4v) is 5.63. The van der Waals surface area contributed by atoms with Crippen molar-refractivity contribution in [1.82, 2.24) is 15.1 Å². The monoisotopic (exact) mass is 541 g/mol. The summed E-state index contributed by atoms with van der Waals surface area (Å²) in [5.74, 6) is -0.773. The molecule has 0 aliphatic carbocycles. The molecule has 2 saturated heterocycles. The number of Topliss-reactive ketones (excluding diaryl/α,β-unsaturated/α-hetero) is 1. The maximum absolute atomic E-state index is 13.8. The molecule has 2 fully saturated rings. The summed E-state index contributed by atoms with van der Waals surface area (Å²) in [6, 6.07) is 5.63. The number of rotatable bonds is 8. The van der Waals surface area contributed by atoms with Crippen LogP contribution in [0.2, 0.25) is 0 Å². The predicted molar refractivity (Wildman–Crippen MR) is 151 cm³/mol. The number of carbonyl (C=O) groups excluding carboxylic acids is 4. The van der Waals surface area contributed by atoms with E-state index in [2.05, 4.69) is 26.1 Å². The lowest BCUT2D eigenvalue weighted by Crippen LogP contribution is -2.53. The fraction of sp³-hybridized carbons (Fsp3) is 0.677. The molecule has 8 nitrogen and oxygen atoms in total. The second-order valence-corrected chi connectivity index (χ2v) is 13.7. The molecule has 0 spiro atoms. The second kappa shape index (κ2) is 11.8. The van der Waals surface area contributed by atoms with Crippen molar-refractivity contribution in [2.24, 2.45) is 11.3 Å². The number of amides is 3. The Hall–Kier alpha value is -2.74. The summed E-state index contributed by atoms with van der Waals surface area (Å²) in [6.07, 6.45) is 0.869. The Labute approximate surface area is 233 Å². The standard InChI is InChI=1S/C31H47N3O5/c1-19(2)16-22(32-27(36)20-10-12-21(13-11-20)31(6,7)8)28(37)33-15-14-23-26(33)24(35)18-34(23)29(38)25(39-9)17-30(3,4)5/h10-13,19,22-23,25-26H,14-18H2,1-9H3,(H,32,36). The van der Waals surface area contributed by atoms with Crippen molar-refractivity contribution in [3.63, 3.8) is 0 Å². The summed E-state index contributed by atoms with van der Waals surface area (Å²) in [4.78, 5) is 56.7. The lowest BCUT2D eigenvalue weighted by molar-refractivity contribution is -0.145. The minimum atomic E-state index is -0.760. The van der Waals surface area contributed by atoms with Crippen molar-refractivity contribution in [1.29, 1.82) is 0 Å². The molecule has 0 bridgehead atoms. The Balaban J connectivity index is 1.76. The molecule has 0 saturated carbocycles. The van der Waals surface area contributed by atoms with Gasteiger partial charge in [-0.2, -0.15) is 0 Å². The number of likely N-dealkylation sites (tertiary alicyclic amines) is 2. The third-order valence-electron chi connectivity index (χ3n) is 7.67. The Bertz CT molecular complexity index is 1070. The molecular weight excluding hydrogens is 494 g/mol.